The van der Waals surface area contributed by atoms with Crippen molar-refractivity contribution < 1.29 is 0 Å². The number of aryl methyl sites for hydroxylation is 1. The lowest BCUT2D eigenvalue weighted by molar-refractivity contribution is 0.969. The molecule has 1 heterocycles. The summed E-state index contributed by atoms with van der Waals surface area (Å²) in [5, 5.41) is 1.31. The van der Waals surface area contributed by atoms with Gasteiger partial charge in [0.05, 0.1) is 0 Å². The lowest BCUT2D eigenvalue weighted by Crippen LogP contribution is -1.81. The van der Waals surface area contributed by atoms with Gasteiger partial charge in [-0.3, -0.25) is 0 Å². The maximum atomic E-state index is 2.12. The van der Waals surface area contributed by atoms with E-state index in [4.69, 9.17) is 0 Å². The monoisotopic (exact) mass is 175 g/mol. The van der Waals surface area contributed by atoms with Crippen molar-refractivity contribution in [3.8, 4) is 0 Å². The summed E-state index contributed by atoms with van der Waals surface area (Å²) in [6.07, 6.45) is 3.32. The highest BCUT2D eigenvalue weighted by atomic mass is 14.9. The smallest absolute Gasteiger partial charge is 0.0477 e. The van der Waals surface area contributed by atoms with Gasteiger partial charge < -0.3 is 4.57 Å². The maximum absolute atomic E-state index is 2.12. The van der Waals surface area contributed by atoms with Gasteiger partial charge in [-0.2, -0.15) is 0 Å². The van der Waals surface area contributed by atoms with Crippen molar-refractivity contribution in [1.29, 1.82) is 0 Å². The van der Waals surface area contributed by atoms with E-state index < -0.39 is 0 Å². The van der Waals surface area contributed by atoms with Gasteiger partial charge in [-0.15, -0.1) is 0 Å². The second-order valence-corrected chi connectivity index (χ2v) is 3.19. The Balaban J connectivity index is 0.000000251. The molecule has 1 heteroatoms. The molecule has 0 aliphatic heterocycles. The quantitative estimate of drug-likeness (QED) is 0.576. The van der Waals surface area contributed by atoms with Crippen molar-refractivity contribution in [1.82, 2.24) is 4.57 Å². The zero-order valence-electron chi connectivity index (χ0n) is 8.62. The van der Waals surface area contributed by atoms with E-state index in [0.717, 1.165) is 0 Å². The number of nitrogens with zero attached hydrogens (tertiary/aromatic N) is 1. The Kier molecular flexibility index (Phi) is 3.56. The first kappa shape index (κ1) is 9.85. The molecule has 0 amide bonds. The standard InChI is InChI=1S/C9H9N.C3H8/c1-10-7-6-8-4-2-3-5-9(8)10;1-3-2/h2-7H,1H3;3H2,1-2H3. The minimum absolute atomic E-state index is 1.25. The summed E-state index contributed by atoms with van der Waals surface area (Å²) in [6.45, 7) is 4.25. The molecule has 70 valence electrons. The zero-order valence-corrected chi connectivity index (χ0v) is 8.62. The molecule has 1 aromatic carbocycles. The summed E-state index contributed by atoms with van der Waals surface area (Å²) in [6, 6.07) is 10.5. The van der Waals surface area contributed by atoms with Gasteiger partial charge in [0, 0.05) is 18.8 Å². The highest BCUT2D eigenvalue weighted by Gasteiger charge is 1.92. The van der Waals surface area contributed by atoms with Crippen LogP contribution < -0.4 is 0 Å². The SMILES string of the molecule is CCC.Cn1ccc2ccccc21. The maximum Gasteiger partial charge on any atom is 0.0477 e. The van der Waals surface area contributed by atoms with Crippen molar-refractivity contribution in [2.45, 2.75) is 20.3 Å². The van der Waals surface area contributed by atoms with Gasteiger partial charge in [0.1, 0.15) is 0 Å². The van der Waals surface area contributed by atoms with E-state index in [2.05, 4.69) is 62.0 Å². The van der Waals surface area contributed by atoms with E-state index in [-0.39, 0.29) is 0 Å². The molecule has 0 saturated carbocycles. The van der Waals surface area contributed by atoms with E-state index >= 15 is 0 Å². The highest BCUT2D eigenvalue weighted by Crippen LogP contribution is 2.12. The van der Waals surface area contributed by atoms with Crippen molar-refractivity contribution in [3.63, 3.8) is 0 Å². The van der Waals surface area contributed by atoms with Gasteiger partial charge in [0.25, 0.3) is 0 Å². The fraction of sp³-hybridized carbons (Fsp3) is 0.333. The Labute approximate surface area is 80.0 Å². The molecule has 0 saturated heterocycles. The van der Waals surface area contributed by atoms with Crippen molar-refractivity contribution in [2.24, 2.45) is 7.05 Å². The topological polar surface area (TPSA) is 4.93 Å². The molecule has 0 atom stereocenters. The van der Waals surface area contributed by atoms with Gasteiger partial charge in [-0.25, -0.2) is 0 Å². The Morgan fingerprint density at radius 2 is 1.69 bits per heavy atom. The number of para-hydroxylation sites is 1. The van der Waals surface area contributed by atoms with E-state index in [0.29, 0.717) is 0 Å². The Hall–Kier alpha value is -1.24. The molecule has 0 bridgehead atoms. The van der Waals surface area contributed by atoms with Crippen LogP contribution >= 0.6 is 0 Å². The predicted octanol–water partition coefficient (Wildman–Crippen LogP) is 3.59. The van der Waals surface area contributed by atoms with E-state index in [9.17, 15) is 0 Å². The summed E-state index contributed by atoms with van der Waals surface area (Å²) in [5.41, 5.74) is 1.29. The van der Waals surface area contributed by atoms with Gasteiger partial charge >= 0.3 is 0 Å². The lowest BCUT2D eigenvalue weighted by atomic mass is 10.2. The van der Waals surface area contributed by atoms with Gasteiger partial charge in [-0.05, 0) is 17.5 Å². The van der Waals surface area contributed by atoms with E-state index in [1.54, 1.807) is 0 Å². The number of hydrogen-bond acceptors (Lipinski definition) is 0. The number of benzene rings is 1. The molecule has 0 aliphatic carbocycles. The summed E-state index contributed by atoms with van der Waals surface area (Å²) in [5.74, 6) is 0. The van der Waals surface area contributed by atoms with Crippen LogP contribution in [-0.2, 0) is 7.05 Å². The van der Waals surface area contributed by atoms with E-state index in [1.807, 2.05) is 0 Å². The first-order valence-electron chi connectivity index (χ1n) is 4.79. The van der Waals surface area contributed by atoms with Crippen LogP contribution in [0.1, 0.15) is 20.3 Å². The van der Waals surface area contributed by atoms with Gasteiger partial charge in [0.15, 0.2) is 0 Å². The zero-order chi connectivity index (χ0) is 9.68. The summed E-state index contributed by atoms with van der Waals surface area (Å²) in [4.78, 5) is 0. The fourth-order valence-electron chi connectivity index (χ4n) is 1.22. The molecule has 13 heavy (non-hydrogen) atoms. The van der Waals surface area contributed by atoms with Crippen LogP contribution in [0.15, 0.2) is 36.5 Å². The molecule has 1 aromatic heterocycles. The summed E-state index contributed by atoms with van der Waals surface area (Å²) >= 11 is 0. The summed E-state index contributed by atoms with van der Waals surface area (Å²) < 4.78 is 2.12. The van der Waals surface area contributed by atoms with Crippen LogP contribution in [0.25, 0.3) is 10.9 Å². The molecule has 2 rings (SSSR count). The minimum Gasteiger partial charge on any atom is -0.351 e. The number of hydrogen-bond donors (Lipinski definition) is 0. The first-order valence-corrected chi connectivity index (χ1v) is 4.79. The molecule has 0 radical (unpaired) electrons. The molecule has 1 nitrogen and oxygen atoms in total. The van der Waals surface area contributed by atoms with Crippen LogP contribution in [-0.4, -0.2) is 4.57 Å². The second kappa shape index (κ2) is 4.70. The Morgan fingerprint density at radius 1 is 1.08 bits per heavy atom. The van der Waals surface area contributed by atoms with Crippen LogP contribution in [0.2, 0.25) is 0 Å². The second-order valence-electron chi connectivity index (χ2n) is 3.19. The van der Waals surface area contributed by atoms with Crippen LogP contribution in [0.5, 0.6) is 0 Å². The Morgan fingerprint density at radius 3 is 2.31 bits per heavy atom. The number of rotatable bonds is 0. The third-order valence-electron chi connectivity index (χ3n) is 1.79. The minimum atomic E-state index is 1.25. The average molecular weight is 175 g/mol. The lowest BCUT2D eigenvalue weighted by Gasteiger charge is -1.92. The van der Waals surface area contributed by atoms with Crippen molar-refractivity contribution in [2.75, 3.05) is 0 Å². The van der Waals surface area contributed by atoms with Crippen LogP contribution in [0, 0.1) is 0 Å². The average Bonchev–Trinajstić information content (AvgIpc) is 2.50. The van der Waals surface area contributed by atoms with Crippen molar-refractivity contribution in [3.05, 3.63) is 36.5 Å². The third-order valence-corrected chi connectivity index (χ3v) is 1.79. The predicted molar refractivity (Wildman–Crippen MR) is 58.9 cm³/mol. The molecule has 0 aliphatic rings. The first-order chi connectivity index (χ1) is 6.29. The fourth-order valence-corrected chi connectivity index (χ4v) is 1.22. The third kappa shape index (κ3) is 2.35. The Bertz CT molecular complexity index is 360. The largest absolute Gasteiger partial charge is 0.351 e. The number of fused-ring (bicyclic) bond motifs is 1. The van der Waals surface area contributed by atoms with E-state index in [1.165, 1.54) is 17.3 Å². The van der Waals surface area contributed by atoms with Crippen LogP contribution in [0.3, 0.4) is 0 Å². The molecule has 0 unspecified atom stereocenters. The van der Waals surface area contributed by atoms with Gasteiger partial charge in [-0.1, -0.05) is 38.5 Å². The molecule has 0 spiro atoms. The molecule has 0 N–H and O–H groups in total. The summed E-state index contributed by atoms with van der Waals surface area (Å²) in [7, 11) is 2.06. The van der Waals surface area contributed by atoms with Gasteiger partial charge in [0.2, 0.25) is 0 Å². The highest BCUT2D eigenvalue weighted by molar-refractivity contribution is 5.79. The molecule has 0 fully saturated rings. The molecular weight excluding hydrogens is 158 g/mol. The van der Waals surface area contributed by atoms with Crippen molar-refractivity contribution >= 4 is 10.9 Å². The molecule has 2 aromatic rings. The number of aromatic nitrogens is 1. The molecular formula is C12H17N. The van der Waals surface area contributed by atoms with Crippen LogP contribution in [0.4, 0.5) is 0 Å². The normalized spacial score (nSPS) is 9.46.